The maximum atomic E-state index is 12.1. The van der Waals surface area contributed by atoms with Crippen molar-refractivity contribution in [3.05, 3.63) is 36.5 Å². The van der Waals surface area contributed by atoms with Crippen molar-refractivity contribution in [2.24, 2.45) is 0 Å². The van der Waals surface area contributed by atoms with E-state index in [0.717, 1.165) is 44.9 Å². The molecule has 0 radical (unpaired) electrons. The van der Waals surface area contributed by atoms with Gasteiger partial charge in [0, 0.05) is 6.42 Å². The van der Waals surface area contributed by atoms with E-state index in [1.807, 2.05) is 6.08 Å². The lowest BCUT2D eigenvalue weighted by Crippen LogP contribution is -2.45. The molecule has 0 saturated heterocycles. The van der Waals surface area contributed by atoms with Gasteiger partial charge in [0.15, 0.2) is 0 Å². The van der Waals surface area contributed by atoms with Crippen LogP contribution in [0.4, 0.5) is 0 Å². The molecule has 3 N–H and O–H groups in total. The average Bonchev–Trinajstić information content (AvgIpc) is 2.77. The number of amides is 1. The highest BCUT2D eigenvalue weighted by molar-refractivity contribution is 5.76. The van der Waals surface area contributed by atoms with Gasteiger partial charge in [-0.3, -0.25) is 4.79 Å². The van der Waals surface area contributed by atoms with Gasteiger partial charge in [0.05, 0.1) is 18.8 Å². The second kappa shape index (κ2) is 23.3. The molecule has 0 saturated carbocycles. The van der Waals surface area contributed by atoms with Crippen LogP contribution in [0.3, 0.4) is 0 Å². The van der Waals surface area contributed by atoms with Crippen molar-refractivity contribution in [1.29, 1.82) is 0 Å². The molecule has 4 nitrogen and oxygen atoms in total. The van der Waals surface area contributed by atoms with E-state index >= 15 is 0 Å². The monoisotopic (exact) mass is 435 g/mol. The predicted octanol–water partition coefficient (Wildman–Crippen LogP) is 6.38. The Hall–Kier alpha value is -1.39. The zero-order valence-electron chi connectivity index (χ0n) is 20.2. The quantitative estimate of drug-likeness (QED) is 0.145. The van der Waals surface area contributed by atoms with E-state index in [1.165, 1.54) is 44.9 Å². The van der Waals surface area contributed by atoms with Crippen molar-refractivity contribution in [2.75, 3.05) is 6.61 Å². The summed E-state index contributed by atoms with van der Waals surface area (Å²) in [6.45, 7) is 4.15. The van der Waals surface area contributed by atoms with Crippen LogP contribution in [0.2, 0.25) is 0 Å². The molecule has 4 heteroatoms. The van der Waals surface area contributed by atoms with Crippen molar-refractivity contribution in [3.8, 4) is 0 Å². The molecule has 0 aromatic rings. The third-order valence-electron chi connectivity index (χ3n) is 5.35. The molecule has 0 aromatic carbocycles. The Bertz CT molecular complexity index is 485. The molecule has 31 heavy (non-hydrogen) atoms. The first-order chi connectivity index (χ1) is 15.2. The Morgan fingerprint density at radius 1 is 0.742 bits per heavy atom. The van der Waals surface area contributed by atoms with Crippen LogP contribution in [0.25, 0.3) is 0 Å². The first-order valence-electron chi connectivity index (χ1n) is 12.7. The topological polar surface area (TPSA) is 69.6 Å². The van der Waals surface area contributed by atoms with E-state index in [2.05, 4.69) is 43.5 Å². The first kappa shape index (κ1) is 29.6. The molecule has 0 aliphatic rings. The molecule has 0 aliphatic carbocycles. The number of allylic oxidation sites excluding steroid dienone is 5. The lowest BCUT2D eigenvalue weighted by Gasteiger charge is -2.19. The van der Waals surface area contributed by atoms with Gasteiger partial charge in [-0.15, -0.1) is 0 Å². The normalized spacial score (nSPS) is 14.1. The van der Waals surface area contributed by atoms with Crippen LogP contribution in [0.1, 0.15) is 110 Å². The number of carbonyl (C=O) groups excluding carboxylic acids is 1. The Balaban J connectivity index is 3.85. The van der Waals surface area contributed by atoms with E-state index in [9.17, 15) is 15.0 Å². The lowest BCUT2D eigenvalue weighted by molar-refractivity contribution is -0.123. The number of carbonyl (C=O) groups is 1. The lowest BCUT2D eigenvalue weighted by atomic mass is 10.1. The SMILES string of the molecule is CCCC/C=C\CCCCCCC(=O)NC(CO)C(O)/C=C/CC/C=C/CCCCC. The van der Waals surface area contributed by atoms with Crippen LogP contribution in [0.5, 0.6) is 0 Å². The number of aliphatic hydroxyl groups is 2. The largest absolute Gasteiger partial charge is 0.394 e. The van der Waals surface area contributed by atoms with Gasteiger partial charge >= 0.3 is 0 Å². The summed E-state index contributed by atoms with van der Waals surface area (Å²) in [7, 11) is 0. The molecule has 2 unspecified atom stereocenters. The minimum Gasteiger partial charge on any atom is -0.394 e. The van der Waals surface area contributed by atoms with Gasteiger partial charge in [0.25, 0.3) is 0 Å². The predicted molar refractivity (Wildman–Crippen MR) is 133 cm³/mol. The standard InChI is InChI=1S/C27H49NO3/c1-3-5-7-9-11-13-15-17-19-21-23-27(31)28-25(24-29)26(30)22-20-18-16-14-12-10-8-6-4-2/h9,11-12,14,20,22,25-26,29-30H,3-8,10,13,15-19,21,23-24H2,1-2H3,(H,28,31)/b11-9-,14-12+,22-20+. The summed E-state index contributed by atoms with van der Waals surface area (Å²) in [5, 5.41) is 22.5. The Labute approximate surface area is 191 Å². The van der Waals surface area contributed by atoms with Crippen molar-refractivity contribution in [2.45, 2.75) is 122 Å². The molecule has 0 aromatic heterocycles. The summed E-state index contributed by atoms with van der Waals surface area (Å²) < 4.78 is 0. The minimum absolute atomic E-state index is 0.0963. The minimum atomic E-state index is -0.859. The number of hydrogen-bond acceptors (Lipinski definition) is 3. The summed E-state index contributed by atoms with van der Waals surface area (Å²) in [6.07, 6.45) is 27.8. The van der Waals surface area contributed by atoms with Gasteiger partial charge < -0.3 is 15.5 Å². The summed E-state index contributed by atoms with van der Waals surface area (Å²) in [5.74, 6) is -0.0963. The molecule has 0 aliphatic heterocycles. The van der Waals surface area contributed by atoms with Gasteiger partial charge in [0.1, 0.15) is 0 Å². The fourth-order valence-electron chi connectivity index (χ4n) is 3.29. The van der Waals surface area contributed by atoms with Crippen LogP contribution < -0.4 is 5.32 Å². The smallest absolute Gasteiger partial charge is 0.220 e. The maximum absolute atomic E-state index is 12.1. The van der Waals surface area contributed by atoms with Gasteiger partial charge in [-0.25, -0.2) is 0 Å². The van der Waals surface area contributed by atoms with E-state index in [4.69, 9.17) is 0 Å². The van der Waals surface area contributed by atoms with Gasteiger partial charge in [-0.2, -0.15) is 0 Å². The van der Waals surface area contributed by atoms with Crippen LogP contribution in [-0.2, 0) is 4.79 Å². The molecular formula is C27H49NO3. The summed E-state index contributed by atoms with van der Waals surface area (Å²) in [4.78, 5) is 12.1. The second-order valence-electron chi connectivity index (χ2n) is 8.39. The van der Waals surface area contributed by atoms with Crippen LogP contribution in [-0.4, -0.2) is 34.9 Å². The molecular weight excluding hydrogens is 386 g/mol. The zero-order chi connectivity index (χ0) is 23.0. The van der Waals surface area contributed by atoms with Gasteiger partial charge in [0.2, 0.25) is 5.91 Å². The van der Waals surface area contributed by atoms with Crippen LogP contribution >= 0.6 is 0 Å². The number of hydrogen-bond donors (Lipinski definition) is 3. The van der Waals surface area contributed by atoms with Gasteiger partial charge in [-0.1, -0.05) is 88.8 Å². The molecule has 180 valence electrons. The fraction of sp³-hybridized carbons (Fsp3) is 0.741. The van der Waals surface area contributed by atoms with Crippen LogP contribution in [0, 0.1) is 0 Å². The third kappa shape index (κ3) is 20.3. The summed E-state index contributed by atoms with van der Waals surface area (Å²) >= 11 is 0. The van der Waals surface area contributed by atoms with E-state index in [-0.39, 0.29) is 12.5 Å². The highest BCUT2D eigenvalue weighted by atomic mass is 16.3. The van der Waals surface area contributed by atoms with Crippen molar-refractivity contribution >= 4 is 5.91 Å². The fourth-order valence-corrected chi connectivity index (χ4v) is 3.29. The summed E-state index contributed by atoms with van der Waals surface area (Å²) in [5.41, 5.74) is 0. The molecule has 0 bridgehead atoms. The Morgan fingerprint density at radius 3 is 1.94 bits per heavy atom. The van der Waals surface area contributed by atoms with E-state index < -0.39 is 12.1 Å². The molecule has 2 atom stereocenters. The first-order valence-corrected chi connectivity index (χ1v) is 12.7. The van der Waals surface area contributed by atoms with Crippen LogP contribution in [0.15, 0.2) is 36.5 Å². The number of nitrogens with one attached hydrogen (secondary N) is 1. The number of unbranched alkanes of at least 4 members (excludes halogenated alkanes) is 10. The summed E-state index contributed by atoms with van der Waals surface area (Å²) in [6, 6.07) is -0.637. The zero-order valence-corrected chi connectivity index (χ0v) is 20.2. The number of rotatable bonds is 21. The second-order valence-corrected chi connectivity index (χ2v) is 8.39. The highest BCUT2D eigenvalue weighted by Crippen LogP contribution is 2.08. The Kier molecular flexibility index (Phi) is 22.2. The van der Waals surface area contributed by atoms with E-state index in [1.54, 1.807) is 6.08 Å². The van der Waals surface area contributed by atoms with Crippen molar-refractivity contribution in [3.63, 3.8) is 0 Å². The average molecular weight is 436 g/mol. The molecule has 0 heterocycles. The number of aliphatic hydroxyl groups excluding tert-OH is 2. The molecule has 1 amide bonds. The van der Waals surface area contributed by atoms with Crippen molar-refractivity contribution in [1.82, 2.24) is 5.32 Å². The van der Waals surface area contributed by atoms with E-state index in [0.29, 0.717) is 6.42 Å². The van der Waals surface area contributed by atoms with Gasteiger partial charge in [-0.05, 0) is 51.4 Å². The molecule has 0 spiro atoms. The molecule has 0 fully saturated rings. The third-order valence-corrected chi connectivity index (χ3v) is 5.35. The van der Waals surface area contributed by atoms with Crippen molar-refractivity contribution < 1.29 is 15.0 Å². The molecule has 0 rings (SSSR count). The maximum Gasteiger partial charge on any atom is 0.220 e. The highest BCUT2D eigenvalue weighted by Gasteiger charge is 2.17. The Morgan fingerprint density at radius 2 is 1.29 bits per heavy atom.